The van der Waals surface area contributed by atoms with E-state index >= 15 is 0 Å². The summed E-state index contributed by atoms with van der Waals surface area (Å²) in [5.74, 6) is 0.863. The molecule has 2 aromatic rings. The van der Waals surface area contributed by atoms with Crippen molar-refractivity contribution in [3.8, 4) is 0 Å². The molecule has 1 N–H and O–H groups in total. The van der Waals surface area contributed by atoms with Gasteiger partial charge in [-0.25, -0.2) is 18.1 Å². The highest BCUT2D eigenvalue weighted by molar-refractivity contribution is 7.90. The van der Waals surface area contributed by atoms with Crippen LogP contribution in [0.2, 0.25) is 0 Å². The van der Waals surface area contributed by atoms with Gasteiger partial charge in [0.05, 0.1) is 10.5 Å². The van der Waals surface area contributed by atoms with E-state index in [2.05, 4.69) is 51.2 Å². The van der Waals surface area contributed by atoms with Crippen molar-refractivity contribution in [1.82, 2.24) is 9.71 Å². The first kappa shape index (κ1) is 30.5. The topological polar surface area (TPSA) is 99.7 Å². The fourth-order valence-electron chi connectivity index (χ4n) is 6.94. The first-order valence-electron chi connectivity index (χ1n) is 15.4. The van der Waals surface area contributed by atoms with Gasteiger partial charge in [-0.05, 0) is 99.5 Å². The zero-order valence-corrected chi connectivity index (χ0v) is 26.8. The molecule has 3 atom stereocenters. The van der Waals surface area contributed by atoms with Crippen LogP contribution in [0.4, 0.5) is 11.6 Å². The summed E-state index contributed by atoms with van der Waals surface area (Å²) < 4.78 is 28.9. The number of nitrogens with zero attached hydrogens (tertiary/aromatic N) is 3. The Morgan fingerprint density at radius 1 is 1.07 bits per heavy atom. The molecule has 4 bridgehead atoms. The number of pyridine rings is 1. The minimum absolute atomic E-state index is 0.0690. The summed E-state index contributed by atoms with van der Waals surface area (Å²) >= 11 is 0. The molecule has 2 amide bonds. The van der Waals surface area contributed by atoms with Gasteiger partial charge in [0.25, 0.3) is 15.9 Å². The predicted molar refractivity (Wildman–Crippen MR) is 166 cm³/mol. The number of sulfonamides is 1. The van der Waals surface area contributed by atoms with Crippen LogP contribution < -0.4 is 14.5 Å². The molecule has 0 spiro atoms. The van der Waals surface area contributed by atoms with E-state index < -0.39 is 15.9 Å². The molecule has 42 heavy (non-hydrogen) atoms. The zero-order chi connectivity index (χ0) is 30.4. The van der Waals surface area contributed by atoms with Gasteiger partial charge in [-0.1, -0.05) is 46.2 Å². The quantitative estimate of drug-likeness (QED) is 0.471. The molecule has 0 radical (unpaired) electrons. The Kier molecular flexibility index (Phi) is 8.20. The molecule has 2 unspecified atom stereocenters. The van der Waals surface area contributed by atoms with Crippen LogP contribution in [0.3, 0.4) is 0 Å². The van der Waals surface area contributed by atoms with Crippen molar-refractivity contribution in [3.63, 3.8) is 0 Å². The summed E-state index contributed by atoms with van der Waals surface area (Å²) in [4.78, 5) is 36.3. The summed E-state index contributed by atoms with van der Waals surface area (Å²) in [5.41, 5.74) is 1.01. The molecule has 0 aliphatic carbocycles. The monoisotopic (exact) mass is 594 g/mol. The van der Waals surface area contributed by atoms with Crippen molar-refractivity contribution >= 4 is 33.5 Å². The molecular weight excluding hydrogens is 548 g/mol. The highest BCUT2D eigenvalue weighted by atomic mass is 32.2. The molecule has 8 nitrogen and oxygen atoms in total. The van der Waals surface area contributed by atoms with Crippen molar-refractivity contribution in [3.05, 3.63) is 47.5 Å². The Morgan fingerprint density at radius 3 is 2.57 bits per heavy atom. The van der Waals surface area contributed by atoms with Crippen LogP contribution in [0, 0.1) is 23.2 Å². The van der Waals surface area contributed by atoms with Gasteiger partial charge in [0.15, 0.2) is 0 Å². The van der Waals surface area contributed by atoms with Gasteiger partial charge in [-0.15, -0.1) is 0 Å². The van der Waals surface area contributed by atoms with Gasteiger partial charge in [0, 0.05) is 24.5 Å². The van der Waals surface area contributed by atoms with E-state index in [-0.39, 0.29) is 39.2 Å². The highest BCUT2D eigenvalue weighted by Crippen LogP contribution is 2.41. The second kappa shape index (κ2) is 11.3. The number of hydrogen-bond donors (Lipinski definition) is 1. The second-order valence-electron chi connectivity index (χ2n) is 14.5. The van der Waals surface area contributed by atoms with Crippen molar-refractivity contribution in [2.24, 2.45) is 23.2 Å². The first-order valence-corrected chi connectivity index (χ1v) is 16.9. The molecule has 2 saturated heterocycles. The number of amides is 2. The summed E-state index contributed by atoms with van der Waals surface area (Å²) in [6, 6.07) is 10.2. The molecular formula is C33H46N4O4S. The predicted octanol–water partition coefficient (Wildman–Crippen LogP) is 5.96. The van der Waals surface area contributed by atoms with E-state index in [1.807, 2.05) is 6.07 Å². The average molecular weight is 595 g/mol. The van der Waals surface area contributed by atoms with Gasteiger partial charge in [0.2, 0.25) is 5.91 Å². The standard InChI is InChI=1S/C33H46N4O4S/c1-22-20-36(31(39)26(22)16-17-32(2,3)4)28-15-14-27-29(34-28)37-21-24(19-33(37,5)6)11-8-7-10-23-12-9-13-25(18-23)42(40,41)35-30(27)38/h9,12-15,18,22,24,26H,7-8,10-11,16-17,19-21H2,1-6H3,(H,35,38)/t22?,24-,26?/m0/s1. The maximum Gasteiger partial charge on any atom is 0.268 e. The number of aryl methyl sites for hydroxylation is 1. The fraction of sp³-hybridized carbons (Fsp3) is 0.606. The molecule has 228 valence electrons. The van der Waals surface area contributed by atoms with Gasteiger partial charge >= 0.3 is 0 Å². The average Bonchev–Trinajstić information content (AvgIpc) is 3.37. The lowest BCUT2D eigenvalue weighted by atomic mass is 9.83. The summed E-state index contributed by atoms with van der Waals surface area (Å²) in [6.45, 7) is 14.3. The molecule has 2 fully saturated rings. The molecule has 0 saturated carbocycles. The van der Waals surface area contributed by atoms with Crippen molar-refractivity contribution in [1.29, 1.82) is 0 Å². The number of hydrogen-bond acceptors (Lipinski definition) is 6. The van der Waals surface area contributed by atoms with Gasteiger partial charge in [0.1, 0.15) is 11.6 Å². The number of benzene rings is 1. The normalized spacial score (nSPS) is 25.9. The van der Waals surface area contributed by atoms with Crippen LogP contribution in [-0.2, 0) is 21.2 Å². The van der Waals surface area contributed by atoms with E-state index in [4.69, 9.17) is 4.98 Å². The number of nitrogens with one attached hydrogen (secondary N) is 1. The van der Waals surface area contributed by atoms with Crippen LogP contribution in [0.15, 0.2) is 41.3 Å². The lowest BCUT2D eigenvalue weighted by Gasteiger charge is -2.34. The van der Waals surface area contributed by atoms with Crippen LogP contribution >= 0.6 is 0 Å². The number of rotatable bonds is 3. The van der Waals surface area contributed by atoms with Crippen molar-refractivity contribution in [2.75, 3.05) is 22.9 Å². The number of carbonyl (C=O) groups is 2. The molecule has 3 aliphatic rings. The van der Waals surface area contributed by atoms with Crippen molar-refractivity contribution in [2.45, 2.75) is 96.9 Å². The van der Waals surface area contributed by atoms with Crippen LogP contribution in [0.1, 0.15) is 96.0 Å². The number of carbonyl (C=O) groups excluding carboxylic acids is 2. The van der Waals surface area contributed by atoms with Gasteiger partial charge in [-0.2, -0.15) is 0 Å². The lowest BCUT2D eigenvalue weighted by Crippen LogP contribution is -2.41. The Balaban J connectivity index is 1.53. The highest BCUT2D eigenvalue weighted by Gasteiger charge is 2.43. The van der Waals surface area contributed by atoms with Crippen LogP contribution in [0.5, 0.6) is 0 Å². The maximum absolute atomic E-state index is 13.7. The van der Waals surface area contributed by atoms with Crippen molar-refractivity contribution < 1.29 is 18.0 Å². The lowest BCUT2D eigenvalue weighted by molar-refractivity contribution is -0.121. The van der Waals surface area contributed by atoms with Crippen LogP contribution in [0.25, 0.3) is 0 Å². The molecule has 9 heteroatoms. The summed E-state index contributed by atoms with van der Waals surface area (Å²) in [5, 5.41) is 0. The summed E-state index contributed by atoms with van der Waals surface area (Å²) in [6.07, 6.45) is 6.59. The summed E-state index contributed by atoms with van der Waals surface area (Å²) in [7, 11) is -4.09. The number of anilines is 2. The van der Waals surface area contributed by atoms with E-state index in [1.165, 1.54) is 6.07 Å². The Morgan fingerprint density at radius 2 is 1.83 bits per heavy atom. The second-order valence-corrected chi connectivity index (χ2v) is 16.2. The smallest absolute Gasteiger partial charge is 0.268 e. The minimum atomic E-state index is -4.09. The fourth-order valence-corrected chi connectivity index (χ4v) is 7.98. The Labute approximate surface area is 251 Å². The Hall–Kier alpha value is -2.94. The van der Waals surface area contributed by atoms with E-state index in [9.17, 15) is 18.0 Å². The molecule has 5 rings (SSSR count). The van der Waals surface area contributed by atoms with Crippen LogP contribution in [-0.4, -0.2) is 43.8 Å². The van der Waals surface area contributed by atoms with Gasteiger partial charge in [-0.3, -0.25) is 14.5 Å². The third-order valence-corrected chi connectivity index (χ3v) is 10.6. The third kappa shape index (κ3) is 6.36. The van der Waals surface area contributed by atoms with E-state index in [0.29, 0.717) is 24.1 Å². The molecule has 1 aromatic heterocycles. The molecule has 4 heterocycles. The molecule has 1 aromatic carbocycles. The SMILES string of the molecule is CC1CN(c2ccc3c(n2)N2C[C@@H](CCCCc4cccc(c4)S(=O)(=O)NC3=O)CC2(C)C)C(=O)C1CCC(C)(C)C. The van der Waals surface area contributed by atoms with Gasteiger partial charge < -0.3 is 4.90 Å². The maximum atomic E-state index is 13.7. The largest absolute Gasteiger partial charge is 0.350 e. The minimum Gasteiger partial charge on any atom is -0.350 e. The van der Waals surface area contributed by atoms with E-state index in [0.717, 1.165) is 57.1 Å². The third-order valence-electron chi connectivity index (χ3n) is 9.31. The molecule has 3 aliphatic heterocycles. The van der Waals surface area contributed by atoms with E-state index in [1.54, 1.807) is 29.2 Å². The number of aromatic nitrogens is 1. The number of fused-ring (bicyclic) bond motifs is 6. The zero-order valence-electron chi connectivity index (χ0n) is 25.9. The Bertz CT molecular complexity index is 1460. The first-order chi connectivity index (χ1) is 19.6.